The lowest BCUT2D eigenvalue weighted by Gasteiger charge is -2.27. The van der Waals surface area contributed by atoms with E-state index in [0.29, 0.717) is 19.8 Å². The van der Waals surface area contributed by atoms with Gasteiger partial charge in [-0.3, -0.25) is 9.69 Å². The monoisotopic (exact) mass is 348 g/mol. The number of fused-ring (bicyclic) bond motifs is 3. The Morgan fingerprint density at radius 2 is 2.12 bits per heavy atom. The van der Waals surface area contributed by atoms with Crippen LogP contribution in [0.1, 0.15) is 26.3 Å². The Bertz CT molecular complexity index is 605. The number of nitrogens with zero attached hydrogens (tertiary/aromatic N) is 1. The van der Waals surface area contributed by atoms with Gasteiger partial charge in [-0.1, -0.05) is 6.07 Å². The molecule has 2 aliphatic rings. The molecule has 6 heteroatoms. The summed E-state index contributed by atoms with van der Waals surface area (Å²) in [6, 6.07) is 6.17. The zero-order valence-electron chi connectivity index (χ0n) is 15.3. The van der Waals surface area contributed by atoms with Crippen molar-refractivity contribution < 1.29 is 19.0 Å². The summed E-state index contributed by atoms with van der Waals surface area (Å²) in [6.07, 6.45) is 0.104. The third-order valence-corrected chi connectivity index (χ3v) is 4.39. The molecule has 6 nitrogen and oxygen atoms in total. The van der Waals surface area contributed by atoms with Gasteiger partial charge in [-0.05, 0) is 38.5 Å². The molecule has 0 aromatic heterocycles. The Kier molecular flexibility index (Phi) is 5.81. The fourth-order valence-corrected chi connectivity index (χ4v) is 3.38. The normalized spacial score (nSPS) is 23.9. The second kappa shape index (κ2) is 8.06. The Balaban J connectivity index is 1.73. The van der Waals surface area contributed by atoms with E-state index >= 15 is 0 Å². The van der Waals surface area contributed by atoms with Gasteiger partial charge in [0.25, 0.3) is 0 Å². The summed E-state index contributed by atoms with van der Waals surface area (Å²) in [7, 11) is 0. The van der Waals surface area contributed by atoms with Gasteiger partial charge in [0.15, 0.2) is 11.5 Å². The molecule has 1 amide bonds. The van der Waals surface area contributed by atoms with Crippen LogP contribution in [0, 0.1) is 5.92 Å². The molecule has 0 radical (unpaired) electrons. The largest absolute Gasteiger partial charge is 0.490 e. The van der Waals surface area contributed by atoms with Crippen molar-refractivity contribution in [1.29, 1.82) is 0 Å². The first-order valence-corrected chi connectivity index (χ1v) is 9.08. The molecule has 2 saturated heterocycles. The summed E-state index contributed by atoms with van der Waals surface area (Å²) in [4.78, 5) is 14.4. The van der Waals surface area contributed by atoms with Crippen LogP contribution in [0.15, 0.2) is 18.2 Å². The van der Waals surface area contributed by atoms with E-state index in [1.54, 1.807) is 0 Å². The Hall–Kier alpha value is -1.79. The molecule has 1 aromatic carbocycles. The van der Waals surface area contributed by atoms with Crippen molar-refractivity contribution in [3.63, 3.8) is 0 Å². The van der Waals surface area contributed by atoms with Crippen molar-refractivity contribution in [2.75, 3.05) is 32.9 Å². The van der Waals surface area contributed by atoms with E-state index in [1.807, 2.05) is 32.9 Å². The average Bonchev–Trinajstić information content (AvgIpc) is 2.78. The van der Waals surface area contributed by atoms with Gasteiger partial charge in [0, 0.05) is 19.6 Å². The molecule has 0 saturated carbocycles. The van der Waals surface area contributed by atoms with Crippen LogP contribution in [-0.4, -0.2) is 55.9 Å². The molecule has 25 heavy (non-hydrogen) atoms. The average molecular weight is 348 g/mol. The number of hydrogen-bond acceptors (Lipinski definition) is 5. The van der Waals surface area contributed by atoms with Crippen molar-refractivity contribution in [2.24, 2.45) is 5.92 Å². The van der Waals surface area contributed by atoms with Gasteiger partial charge >= 0.3 is 0 Å². The summed E-state index contributed by atoms with van der Waals surface area (Å²) < 4.78 is 17.2. The van der Waals surface area contributed by atoms with Crippen LogP contribution in [0.25, 0.3) is 0 Å². The van der Waals surface area contributed by atoms with Gasteiger partial charge < -0.3 is 19.5 Å². The third-order valence-electron chi connectivity index (χ3n) is 4.39. The fourth-order valence-electron chi connectivity index (χ4n) is 3.38. The van der Waals surface area contributed by atoms with Gasteiger partial charge in [-0.2, -0.15) is 0 Å². The Morgan fingerprint density at radius 1 is 1.28 bits per heavy atom. The maximum atomic E-state index is 12.1. The van der Waals surface area contributed by atoms with Crippen molar-refractivity contribution in [1.82, 2.24) is 10.2 Å². The number of nitrogens with one attached hydrogen (secondary N) is 1. The number of hydrogen-bond donors (Lipinski definition) is 1. The molecule has 2 bridgehead atoms. The van der Waals surface area contributed by atoms with E-state index in [9.17, 15) is 4.79 Å². The molecule has 0 unspecified atom stereocenters. The van der Waals surface area contributed by atoms with Crippen LogP contribution in [0.3, 0.4) is 0 Å². The van der Waals surface area contributed by atoms with E-state index in [4.69, 9.17) is 14.2 Å². The second-order valence-corrected chi connectivity index (χ2v) is 7.01. The van der Waals surface area contributed by atoms with E-state index in [-0.39, 0.29) is 24.0 Å². The van der Waals surface area contributed by atoms with Crippen LogP contribution < -0.4 is 14.8 Å². The predicted molar refractivity (Wildman–Crippen MR) is 94.9 cm³/mol. The highest BCUT2D eigenvalue weighted by atomic mass is 16.5. The number of rotatable bonds is 6. The lowest BCUT2D eigenvalue weighted by Crippen LogP contribution is -2.41. The van der Waals surface area contributed by atoms with Crippen molar-refractivity contribution in [2.45, 2.75) is 39.5 Å². The highest BCUT2D eigenvalue weighted by Gasteiger charge is 2.33. The summed E-state index contributed by atoms with van der Waals surface area (Å²) >= 11 is 0. The zero-order valence-corrected chi connectivity index (χ0v) is 15.3. The molecule has 3 rings (SSSR count). The van der Waals surface area contributed by atoms with Crippen LogP contribution >= 0.6 is 0 Å². The first-order valence-electron chi connectivity index (χ1n) is 9.08. The SMILES string of the molecule is CCOc1cc(CN2C[C@H]3COC[C@@H](C2)C(=O)N3)ccc1OC(C)C. The molecule has 2 fully saturated rings. The maximum Gasteiger partial charge on any atom is 0.227 e. The molecular weight excluding hydrogens is 320 g/mol. The quantitative estimate of drug-likeness (QED) is 0.850. The minimum atomic E-state index is -0.0950. The third kappa shape index (κ3) is 4.64. The molecule has 1 aromatic rings. The minimum Gasteiger partial charge on any atom is -0.490 e. The summed E-state index contributed by atoms with van der Waals surface area (Å²) in [5.74, 6) is 1.57. The van der Waals surface area contributed by atoms with Crippen molar-refractivity contribution in [3.8, 4) is 11.5 Å². The maximum absolute atomic E-state index is 12.1. The van der Waals surface area contributed by atoms with E-state index in [2.05, 4.69) is 16.3 Å². The molecule has 2 atom stereocenters. The van der Waals surface area contributed by atoms with Gasteiger partial charge in [0.1, 0.15) is 0 Å². The molecule has 0 spiro atoms. The number of benzene rings is 1. The standard InChI is InChI=1S/C19H28N2O4/c1-4-24-18-7-14(5-6-17(18)25-13(2)3)8-21-9-15-11-23-12-16(10-21)20-19(15)22/h5-7,13,15-16H,4,8-12H2,1-3H3,(H,20,22)/t15-,16+/m1/s1. The molecule has 0 aliphatic carbocycles. The molecule has 1 N–H and O–H groups in total. The lowest BCUT2D eigenvalue weighted by atomic mass is 10.1. The van der Waals surface area contributed by atoms with Gasteiger partial charge in [-0.25, -0.2) is 0 Å². The molecule has 138 valence electrons. The first kappa shape index (κ1) is 18.0. The fraction of sp³-hybridized carbons (Fsp3) is 0.632. The van der Waals surface area contributed by atoms with Crippen LogP contribution in [-0.2, 0) is 16.1 Å². The number of amides is 1. The summed E-state index contributed by atoms with van der Waals surface area (Å²) in [5, 5.41) is 3.07. The highest BCUT2D eigenvalue weighted by Crippen LogP contribution is 2.30. The predicted octanol–water partition coefficient (Wildman–Crippen LogP) is 1.82. The van der Waals surface area contributed by atoms with E-state index < -0.39 is 0 Å². The smallest absolute Gasteiger partial charge is 0.227 e. The summed E-state index contributed by atoms with van der Waals surface area (Å²) in [5.41, 5.74) is 1.16. The van der Waals surface area contributed by atoms with Gasteiger partial charge in [-0.15, -0.1) is 0 Å². The van der Waals surface area contributed by atoms with Gasteiger partial charge in [0.05, 0.1) is 37.9 Å². The number of carbonyl (C=O) groups is 1. The van der Waals surface area contributed by atoms with Crippen LogP contribution in [0.4, 0.5) is 0 Å². The topological polar surface area (TPSA) is 60.0 Å². The molecule has 2 aliphatic heterocycles. The molecular formula is C19H28N2O4. The van der Waals surface area contributed by atoms with Crippen LogP contribution in [0.2, 0.25) is 0 Å². The second-order valence-electron chi connectivity index (χ2n) is 7.01. The Morgan fingerprint density at radius 3 is 2.88 bits per heavy atom. The van der Waals surface area contributed by atoms with E-state index in [0.717, 1.165) is 36.7 Å². The number of carbonyl (C=O) groups excluding carboxylic acids is 1. The Labute approximate surface area is 149 Å². The number of ether oxygens (including phenoxy) is 3. The minimum absolute atomic E-state index is 0.0647. The first-order chi connectivity index (χ1) is 12.0. The highest BCUT2D eigenvalue weighted by molar-refractivity contribution is 5.79. The molecule has 2 heterocycles. The lowest BCUT2D eigenvalue weighted by molar-refractivity contribution is -0.125. The van der Waals surface area contributed by atoms with E-state index in [1.165, 1.54) is 0 Å². The zero-order chi connectivity index (χ0) is 17.8. The van der Waals surface area contributed by atoms with Gasteiger partial charge in [0.2, 0.25) is 5.91 Å². The van der Waals surface area contributed by atoms with Crippen molar-refractivity contribution >= 4 is 5.91 Å². The van der Waals surface area contributed by atoms with Crippen molar-refractivity contribution in [3.05, 3.63) is 23.8 Å². The summed E-state index contributed by atoms with van der Waals surface area (Å²) in [6.45, 7) is 9.98. The van der Waals surface area contributed by atoms with Crippen LogP contribution in [0.5, 0.6) is 11.5 Å².